The summed E-state index contributed by atoms with van der Waals surface area (Å²) in [7, 11) is 0. The van der Waals surface area contributed by atoms with Crippen molar-refractivity contribution >= 4 is 0 Å². The van der Waals surface area contributed by atoms with E-state index in [1.807, 2.05) is 0 Å². The van der Waals surface area contributed by atoms with Crippen molar-refractivity contribution in [1.82, 2.24) is 15.1 Å². The minimum atomic E-state index is 0.489. The maximum atomic E-state index is 8.51. The Morgan fingerprint density at radius 1 is 1.33 bits per heavy atom. The molecule has 0 amide bonds. The minimum absolute atomic E-state index is 0.489. The van der Waals surface area contributed by atoms with Crippen LogP contribution in [0.5, 0.6) is 0 Å². The summed E-state index contributed by atoms with van der Waals surface area (Å²) >= 11 is 0. The summed E-state index contributed by atoms with van der Waals surface area (Å²) in [5, 5.41) is 16.5. The molecule has 18 heavy (non-hydrogen) atoms. The second kappa shape index (κ2) is 7.17. The van der Waals surface area contributed by atoms with Gasteiger partial charge in [-0.05, 0) is 26.7 Å². The molecule has 1 aromatic rings. The molecule has 1 aromatic heterocycles. The van der Waals surface area contributed by atoms with Gasteiger partial charge in [-0.25, -0.2) is 0 Å². The van der Waals surface area contributed by atoms with Gasteiger partial charge in [0.1, 0.15) is 0 Å². The lowest BCUT2D eigenvalue weighted by atomic mass is 10.2. The van der Waals surface area contributed by atoms with Crippen molar-refractivity contribution in [2.45, 2.75) is 66.1 Å². The summed E-state index contributed by atoms with van der Waals surface area (Å²) in [5.74, 6) is 0. The van der Waals surface area contributed by atoms with E-state index in [1.54, 1.807) is 0 Å². The van der Waals surface area contributed by atoms with Gasteiger partial charge >= 0.3 is 0 Å². The summed E-state index contributed by atoms with van der Waals surface area (Å²) < 4.78 is 2.07. The number of rotatable bonds is 7. The first-order valence-electron chi connectivity index (χ1n) is 6.69. The van der Waals surface area contributed by atoms with E-state index in [0.29, 0.717) is 12.5 Å². The zero-order chi connectivity index (χ0) is 13.5. The molecule has 0 spiro atoms. The van der Waals surface area contributed by atoms with Crippen LogP contribution in [0.25, 0.3) is 0 Å². The van der Waals surface area contributed by atoms with Gasteiger partial charge in [0.2, 0.25) is 0 Å². The van der Waals surface area contributed by atoms with Gasteiger partial charge in [0.05, 0.1) is 11.8 Å². The maximum Gasteiger partial charge on any atom is 0.0641 e. The number of aromatic nitrogens is 2. The third kappa shape index (κ3) is 4.15. The van der Waals surface area contributed by atoms with E-state index in [0.717, 1.165) is 31.6 Å². The van der Waals surface area contributed by atoms with Crippen molar-refractivity contribution in [3.05, 3.63) is 17.0 Å². The molecule has 0 bridgehead atoms. The van der Waals surface area contributed by atoms with Gasteiger partial charge in [0.25, 0.3) is 0 Å². The Morgan fingerprint density at radius 2 is 2.06 bits per heavy atom. The molecular formula is C14H24N4. The highest BCUT2D eigenvalue weighted by atomic mass is 15.3. The first-order chi connectivity index (χ1) is 8.56. The summed E-state index contributed by atoms with van der Waals surface area (Å²) in [5.41, 5.74) is 3.67. The van der Waals surface area contributed by atoms with Crippen molar-refractivity contribution in [1.29, 1.82) is 5.26 Å². The number of hydrogen-bond donors (Lipinski definition) is 1. The van der Waals surface area contributed by atoms with Crippen molar-refractivity contribution < 1.29 is 0 Å². The lowest BCUT2D eigenvalue weighted by Crippen LogP contribution is -2.22. The smallest absolute Gasteiger partial charge is 0.0641 e. The second-order valence-corrected chi connectivity index (χ2v) is 5.02. The molecule has 1 N–H and O–H groups in total. The number of nitrogens with zero attached hydrogens (tertiary/aromatic N) is 3. The molecule has 0 unspecified atom stereocenters. The topological polar surface area (TPSA) is 53.6 Å². The fraction of sp³-hybridized carbons (Fsp3) is 0.714. The summed E-state index contributed by atoms with van der Waals surface area (Å²) in [4.78, 5) is 0. The van der Waals surface area contributed by atoms with Crippen molar-refractivity contribution in [3.8, 4) is 6.07 Å². The van der Waals surface area contributed by atoms with Gasteiger partial charge in [-0.15, -0.1) is 0 Å². The van der Waals surface area contributed by atoms with Crippen LogP contribution < -0.4 is 5.32 Å². The first kappa shape index (κ1) is 14.7. The summed E-state index contributed by atoms with van der Waals surface area (Å²) in [6, 6.07) is 2.67. The summed E-state index contributed by atoms with van der Waals surface area (Å²) in [6.45, 7) is 10.3. The zero-order valence-corrected chi connectivity index (χ0v) is 12.0. The van der Waals surface area contributed by atoms with Crippen LogP contribution in [0.3, 0.4) is 0 Å². The third-order valence-corrected chi connectivity index (χ3v) is 3.13. The molecule has 1 rings (SSSR count). The fourth-order valence-corrected chi connectivity index (χ4v) is 1.98. The number of hydrogen-bond acceptors (Lipinski definition) is 3. The van der Waals surface area contributed by atoms with Gasteiger partial charge in [-0.2, -0.15) is 10.4 Å². The molecule has 0 aliphatic rings. The van der Waals surface area contributed by atoms with Crippen LogP contribution >= 0.6 is 0 Å². The highest BCUT2D eigenvalue weighted by molar-refractivity contribution is 5.24. The molecule has 4 heteroatoms. The third-order valence-electron chi connectivity index (χ3n) is 3.13. The molecule has 0 atom stereocenters. The normalized spacial score (nSPS) is 10.9. The quantitative estimate of drug-likeness (QED) is 0.755. The van der Waals surface area contributed by atoms with Crippen LogP contribution in [-0.2, 0) is 13.1 Å². The molecular weight excluding hydrogens is 224 g/mol. The fourth-order valence-electron chi connectivity index (χ4n) is 1.98. The van der Waals surface area contributed by atoms with E-state index in [-0.39, 0.29) is 0 Å². The lowest BCUT2D eigenvalue weighted by molar-refractivity contribution is 0.544. The van der Waals surface area contributed by atoms with Gasteiger partial charge in [-0.3, -0.25) is 4.68 Å². The van der Waals surface area contributed by atoms with Gasteiger partial charge in [0, 0.05) is 36.8 Å². The van der Waals surface area contributed by atoms with Crippen LogP contribution in [0.2, 0.25) is 0 Å². The molecule has 0 radical (unpaired) electrons. The molecule has 0 fully saturated rings. The molecule has 1 heterocycles. The monoisotopic (exact) mass is 248 g/mol. The Morgan fingerprint density at radius 3 is 2.67 bits per heavy atom. The maximum absolute atomic E-state index is 8.51. The van der Waals surface area contributed by atoms with Crippen LogP contribution in [0, 0.1) is 25.2 Å². The van der Waals surface area contributed by atoms with Crippen molar-refractivity contribution in [2.24, 2.45) is 0 Å². The Labute approximate surface area is 110 Å². The van der Waals surface area contributed by atoms with E-state index < -0.39 is 0 Å². The summed E-state index contributed by atoms with van der Waals surface area (Å²) in [6.07, 6.45) is 2.61. The van der Waals surface area contributed by atoms with Crippen molar-refractivity contribution in [2.75, 3.05) is 0 Å². The predicted molar refractivity (Wildman–Crippen MR) is 73.1 cm³/mol. The lowest BCUT2D eigenvalue weighted by Gasteiger charge is -2.08. The average molecular weight is 248 g/mol. The largest absolute Gasteiger partial charge is 0.310 e. The molecule has 0 aliphatic heterocycles. The predicted octanol–water partition coefficient (Wildman–Crippen LogP) is 2.69. The minimum Gasteiger partial charge on any atom is -0.310 e. The number of nitriles is 1. The van der Waals surface area contributed by atoms with E-state index in [9.17, 15) is 0 Å². The Hall–Kier alpha value is -1.34. The Bertz CT molecular complexity index is 412. The average Bonchev–Trinajstić information content (AvgIpc) is 2.58. The molecule has 0 saturated carbocycles. The van der Waals surface area contributed by atoms with Crippen LogP contribution in [-0.4, -0.2) is 15.8 Å². The highest BCUT2D eigenvalue weighted by Gasteiger charge is 2.11. The first-order valence-corrected chi connectivity index (χ1v) is 6.69. The van der Waals surface area contributed by atoms with Crippen LogP contribution in [0.15, 0.2) is 0 Å². The molecule has 0 aliphatic carbocycles. The van der Waals surface area contributed by atoms with E-state index in [4.69, 9.17) is 5.26 Å². The Kier molecular flexibility index (Phi) is 5.87. The van der Waals surface area contributed by atoms with Gasteiger partial charge < -0.3 is 5.32 Å². The molecule has 0 aromatic carbocycles. The molecule has 4 nitrogen and oxygen atoms in total. The number of nitrogens with one attached hydrogen (secondary N) is 1. The van der Waals surface area contributed by atoms with Crippen LogP contribution in [0.4, 0.5) is 0 Å². The number of aryl methyl sites for hydroxylation is 2. The highest BCUT2D eigenvalue weighted by Crippen LogP contribution is 2.14. The van der Waals surface area contributed by atoms with E-state index >= 15 is 0 Å². The molecule has 0 saturated heterocycles. The number of unbranched alkanes of at least 4 members (excludes halogenated alkanes) is 2. The Balaban J connectivity index is 2.60. The van der Waals surface area contributed by atoms with E-state index in [1.165, 1.54) is 11.3 Å². The zero-order valence-electron chi connectivity index (χ0n) is 12.0. The molecule has 100 valence electrons. The van der Waals surface area contributed by atoms with Gasteiger partial charge in [0.15, 0.2) is 0 Å². The second-order valence-electron chi connectivity index (χ2n) is 5.02. The SMILES string of the molecule is Cc1nn(CCCCC#N)c(C)c1CNC(C)C. The van der Waals surface area contributed by atoms with E-state index in [2.05, 4.69) is 48.9 Å². The van der Waals surface area contributed by atoms with Crippen LogP contribution in [0.1, 0.15) is 50.1 Å². The van der Waals surface area contributed by atoms with Crippen molar-refractivity contribution in [3.63, 3.8) is 0 Å². The standard InChI is InChI=1S/C14H24N4/c1-11(2)16-10-14-12(3)17-18(13(14)4)9-7-5-6-8-15/h11,16H,5-7,9-10H2,1-4H3. The van der Waals surface area contributed by atoms with Gasteiger partial charge in [-0.1, -0.05) is 13.8 Å².